The van der Waals surface area contributed by atoms with Crippen LogP contribution in [0.15, 0.2) is 24.5 Å². The van der Waals surface area contributed by atoms with Crippen molar-refractivity contribution in [3.63, 3.8) is 0 Å². The minimum Gasteiger partial charge on any atom is -0.376 e. The van der Waals surface area contributed by atoms with Gasteiger partial charge in [0, 0.05) is 24.1 Å². The molecule has 1 aromatic heterocycles. The van der Waals surface area contributed by atoms with Crippen molar-refractivity contribution in [2.45, 2.75) is 37.5 Å². The normalized spacial score (nSPS) is 29.0. The van der Waals surface area contributed by atoms with E-state index in [1.807, 2.05) is 12.1 Å². The highest BCUT2D eigenvalue weighted by Gasteiger charge is 2.38. The van der Waals surface area contributed by atoms with E-state index in [9.17, 15) is 4.39 Å². The highest BCUT2D eigenvalue weighted by Crippen LogP contribution is 2.33. The number of pyridine rings is 1. The monoisotopic (exact) mass is 236 g/mol. The van der Waals surface area contributed by atoms with E-state index >= 15 is 0 Å². The molecule has 3 nitrogen and oxygen atoms in total. The predicted molar refractivity (Wildman–Crippen MR) is 63.9 cm³/mol. The summed E-state index contributed by atoms with van der Waals surface area (Å²) in [5.74, 6) is 0. The summed E-state index contributed by atoms with van der Waals surface area (Å²) in [5.41, 5.74) is 1.07. The van der Waals surface area contributed by atoms with Gasteiger partial charge in [-0.1, -0.05) is 0 Å². The standard InChI is InChI=1S/C13H17FN2O/c14-12-8-17-9-13(12)16(10-2-1-3-10)11-4-6-15-7-5-11/h4-7,10,12-13H,1-3,8-9H2. The van der Waals surface area contributed by atoms with E-state index in [0.717, 1.165) is 18.5 Å². The fraction of sp³-hybridized carbons (Fsp3) is 0.615. The number of rotatable bonds is 3. The average molecular weight is 236 g/mol. The number of ether oxygens (including phenoxy) is 1. The van der Waals surface area contributed by atoms with E-state index in [2.05, 4.69) is 9.88 Å². The zero-order valence-corrected chi connectivity index (χ0v) is 9.76. The lowest BCUT2D eigenvalue weighted by molar-refractivity contribution is 0.172. The van der Waals surface area contributed by atoms with Gasteiger partial charge in [-0.2, -0.15) is 0 Å². The Labute approximate surface area is 101 Å². The van der Waals surface area contributed by atoms with Gasteiger partial charge >= 0.3 is 0 Å². The zero-order valence-electron chi connectivity index (χ0n) is 9.76. The molecule has 3 rings (SSSR count). The van der Waals surface area contributed by atoms with Crippen LogP contribution in [0, 0.1) is 0 Å². The minimum atomic E-state index is -0.872. The molecule has 1 aliphatic heterocycles. The molecule has 1 saturated carbocycles. The molecule has 2 heterocycles. The smallest absolute Gasteiger partial charge is 0.146 e. The van der Waals surface area contributed by atoms with Crippen molar-refractivity contribution in [2.75, 3.05) is 18.1 Å². The number of hydrogen-bond acceptors (Lipinski definition) is 3. The first-order valence-corrected chi connectivity index (χ1v) is 6.26. The largest absolute Gasteiger partial charge is 0.376 e. The summed E-state index contributed by atoms with van der Waals surface area (Å²) in [6.07, 6.45) is 6.23. The van der Waals surface area contributed by atoms with Crippen molar-refractivity contribution in [1.82, 2.24) is 4.98 Å². The second-order valence-electron chi connectivity index (χ2n) is 4.82. The summed E-state index contributed by atoms with van der Waals surface area (Å²) in [4.78, 5) is 6.24. The van der Waals surface area contributed by atoms with Gasteiger partial charge < -0.3 is 9.64 Å². The maximum atomic E-state index is 13.9. The maximum absolute atomic E-state index is 13.9. The number of hydrogen-bond donors (Lipinski definition) is 0. The molecule has 0 radical (unpaired) electrons. The van der Waals surface area contributed by atoms with Crippen LogP contribution in [-0.4, -0.2) is 36.5 Å². The summed E-state index contributed by atoms with van der Waals surface area (Å²) in [6, 6.07) is 4.28. The maximum Gasteiger partial charge on any atom is 0.146 e. The molecule has 0 bridgehead atoms. The molecule has 2 unspecified atom stereocenters. The Morgan fingerprint density at radius 2 is 2.00 bits per heavy atom. The van der Waals surface area contributed by atoms with Gasteiger partial charge in [0.15, 0.2) is 0 Å². The number of nitrogens with zero attached hydrogens (tertiary/aromatic N) is 2. The Hall–Kier alpha value is -1.16. The fourth-order valence-corrected chi connectivity index (χ4v) is 2.63. The van der Waals surface area contributed by atoms with E-state index < -0.39 is 6.17 Å². The molecule has 0 N–H and O–H groups in total. The van der Waals surface area contributed by atoms with Crippen molar-refractivity contribution >= 4 is 5.69 Å². The fourth-order valence-electron chi connectivity index (χ4n) is 2.63. The molecule has 2 fully saturated rings. The van der Waals surface area contributed by atoms with E-state index in [-0.39, 0.29) is 12.6 Å². The van der Waals surface area contributed by atoms with Gasteiger partial charge in [-0.15, -0.1) is 0 Å². The molecule has 17 heavy (non-hydrogen) atoms. The Morgan fingerprint density at radius 3 is 2.53 bits per heavy atom. The van der Waals surface area contributed by atoms with Gasteiger partial charge in [0.05, 0.1) is 19.3 Å². The van der Waals surface area contributed by atoms with Crippen LogP contribution in [-0.2, 0) is 4.74 Å². The van der Waals surface area contributed by atoms with Gasteiger partial charge in [-0.3, -0.25) is 4.98 Å². The number of aromatic nitrogens is 1. The summed E-state index contributed by atoms with van der Waals surface area (Å²) in [6.45, 7) is 0.735. The number of anilines is 1. The van der Waals surface area contributed by atoms with Gasteiger partial charge in [0.25, 0.3) is 0 Å². The van der Waals surface area contributed by atoms with Crippen molar-refractivity contribution in [3.05, 3.63) is 24.5 Å². The second-order valence-corrected chi connectivity index (χ2v) is 4.82. The molecule has 0 amide bonds. The SMILES string of the molecule is FC1COCC1N(c1ccncc1)C1CCC1. The van der Waals surface area contributed by atoms with Gasteiger partial charge in [-0.05, 0) is 31.4 Å². The topological polar surface area (TPSA) is 25.4 Å². The molecule has 0 aromatic carbocycles. The molecule has 1 aromatic rings. The zero-order chi connectivity index (χ0) is 11.7. The third kappa shape index (κ3) is 2.02. The van der Waals surface area contributed by atoms with Crippen molar-refractivity contribution in [1.29, 1.82) is 0 Å². The van der Waals surface area contributed by atoms with Crippen LogP contribution in [0.25, 0.3) is 0 Å². The second kappa shape index (κ2) is 4.61. The van der Waals surface area contributed by atoms with Gasteiger partial charge in [0.1, 0.15) is 6.17 Å². The first-order valence-electron chi connectivity index (χ1n) is 6.26. The highest BCUT2D eigenvalue weighted by atomic mass is 19.1. The summed E-state index contributed by atoms with van der Waals surface area (Å²) < 4.78 is 19.1. The lowest BCUT2D eigenvalue weighted by atomic mass is 9.89. The van der Waals surface area contributed by atoms with Crippen LogP contribution in [0.3, 0.4) is 0 Å². The molecule has 0 spiro atoms. The molecular formula is C13H17FN2O. The van der Waals surface area contributed by atoms with E-state index in [1.54, 1.807) is 12.4 Å². The minimum absolute atomic E-state index is 0.123. The number of halogens is 1. The van der Waals surface area contributed by atoms with E-state index in [1.165, 1.54) is 6.42 Å². The average Bonchev–Trinajstić information content (AvgIpc) is 2.71. The van der Waals surface area contributed by atoms with E-state index in [0.29, 0.717) is 12.6 Å². The summed E-state index contributed by atoms with van der Waals surface area (Å²) in [5, 5.41) is 0. The quantitative estimate of drug-likeness (QED) is 0.804. The third-order valence-corrected chi connectivity index (χ3v) is 3.77. The lowest BCUT2D eigenvalue weighted by Gasteiger charge is -2.43. The van der Waals surface area contributed by atoms with Crippen LogP contribution < -0.4 is 4.90 Å². The van der Waals surface area contributed by atoms with Gasteiger partial charge in [0.2, 0.25) is 0 Å². The predicted octanol–water partition coefficient (Wildman–Crippen LogP) is 2.18. The van der Waals surface area contributed by atoms with E-state index in [4.69, 9.17) is 4.74 Å². The molecule has 2 atom stereocenters. The molecular weight excluding hydrogens is 219 g/mol. The highest BCUT2D eigenvalue weighted by molar-refractivity contribution is 5.48. The van der Waals surface area contributed by atoms with Crippen LogP contribution >= 0.6 is 0 Å². The van der Waals surface area contributed by atoms with Gasteiger partial charge in [-0.25, -0.2) is 4.39 Å². The molecule has 2 aliphatic rings. The Kier molecular flexibility index (Phi) is 2.97. The Balaban J connectivity index is 1.86. The molecule has 92 valence electrons. The molecule has 4 heteroatoms. The van der Waals surface area contributed by atoms with Crippen LogP contribution in [0.1, 0.15) is 19.3 Å². The first-order chi connectivity index (χ1) is 8.36. The Bertz CT molecular complexity index is 369. The van der Waals surface area contributed by atoms with Crippen LogP contribution in [0.5, 0.6) is 0 Å². The van der Waals surface area contributed by atoms with Crippen molar-refractivity contribution in [3.8, 4) is 0 Å². The molecule has 1 aliphatic carbocycles. The Morgan fingerprint density at radius 1 is 1.24 bits per heavy atom. The summed E-state index contributed by atoms with van der Waals surface area (Å²) in [7, 11) is 0. The van der Waals surface area contributed by atoms with Crippen LogP contribution in [0.4, 0.5) is 10.1 Å². The molecule has 1 saturated heterocycles. The number of alkyl halides is 1. The van der Waals surface area contributed by atoms with Crippen molar-refractivity contribution in [2.24, 2.45) is 0 Å². The lowest BCUT2D eigenvalue weighted by Crippen LogP contribution is -2.50. The third-order valence-electron chi connectivity index (χ3n) is 3.77. The van der Waals surface area contributed by atoms with Crippen LogP contribution in [0.2, 0.25) is 0 Å². The summed E-state index contributed by atoms with van der Waals surface area (Å²) >= 11 is 0. The van der Waals surface area contributed by atoms with Crippen molar-refractivity contribution < 1.29 is 9.13 Å². The first kappa shape index (κ1) is 11.0.